The third-order valence-electron chi connectivity index (χ3n) is 4.34. The van der Waals surface area contributed by atoms with Crippen LogP contribution in [0.25, 0.3) is 0 Å². The van der Waals surface area contributed by atoms with Crippen molar-refractivity contribution in [2.24, 2.45) is 0 Å². The molecule has 1 amide bonds. The summed E-state index contributed by atoms with van der Waals surface area (Å²) in [4.78, 5) is 14.5. The summed E-state index contributed by atoms with van der Waals surface area (Å²) in [6.07, 6.45) is 0. The zero-order valence-corrected chi connectivity index (χ0v) is 16.6. The zero-order valence-electron chi connectivity index (χ0n) is 14.2. The van der Waals surface area contributed by atoms with Crippen molar-refractivity contribution in [1.29, 1.82) is 0 Å². The maximum absolute atomic E-state index is 12.6. The molecular weight excluding hydrogens is 408 g/mol. The van der Waals surface area contributed by atoms with Gasteiger partial charge in [0.25, 0.3) is 5.91 Å². The molecule has 0 saturated carbocycles. The molecule has 0 aliphatic carbocycles. The third kappa shape index (κ3) is 4.77. The van der Waals surface area contributed by atoms with Gasteiger partial charge in [0.15, 0.2) is 5.76 Å². The molecule has 2 unspecified atom stereocenters. The fourth-order valence-corrected chi connectivity index (χ4v) is 3.14. The number of nitrogens with one attached hydrogen (secondary N) is 1. The lowest BCUT2D eigenvalue weighted by Gasteiger charge is -2.38. The molecule has 1 aromatic heterocycles. The molecule has 2 heterocycles. The first-order chi connectivity index (χ1) is 11.5. The van der Waals surface area contributed by atoms with Crippen LogP contribution in [0.15, 0.2) is 45.3 Å². The topological polar surface area (TPSA) is 54.7 Å². The number of benzene rings is 1. The number of halogens is 2. The van der Waals surface area contributed by atoms with E-state index in [0.717, 1.165) is 16.8 Å². The van der Waals surface area contributed by atoms with E-state index in [4.69, 9.17) is 9.15 Å². The van der Waals surface area contributed by atoms with E-state index in [9.17, 15) is 4.79 Å². The molecule has 2 atom stereocenters. The zero-order chi connectivity index (χ0) is 17.1. The van der Waals surface area contributed by atoms with Gasteiger partial charge in [0.1, 0.15) is 18.1 Å². The van der Waals surface area contributed by atoms with Gasteiger partial charge in [-0.3, -0.25) is 4.79 Å². The minimum absolute atomic E-state index is 0. The first-order valence-electron chi connectivity index (χ1n) is 8.06. The molecule has 1 aliphatic rings. The standard InChI is InChI=1S/C18H21BrN2O3.ClH/c1-12-13(2)21(9-8-20-12)18(22)17-7-6-16(24-17)11-23-15-5-3-4-14(19)10-15;/h3-7,10,12-13,20H,8-9,11H2,1-2H3;1H. The van der Waals surface area contributed by atoms with Crippen molar-refractivity contribution >= 4 is 34.2 Å². The molecule has 1 saturated heterocycles. The lowest BCUT2D eigenvalue weighted by atomic mass is 10.1. The highest BCUT2D eigenvalue weighted by Gasteiger charge is 2.30. The van der Waals surface area contributed by atoms with Gasteiger partial charge in [0.2, 0.25) is 0 Å². The molecule has 1 aromatic carbocycles. The van der Waals surface area contributed by atoms with Crippen LogP contribution in [0.4, 0.5) is 0 Å². The molecule has 1 N–H and O–H groups in total. The number of hydrogen-bond donors (Lipinski definition) is 1. The Morgan fingerprint density at radius 2 is 2.16 bits per heavy atom. The molecule has 3 rings (SSSR count). The number of nitrogens with zero attached hydrogens (tertiary/aromatic N) is 1. The molecule has 25 heavy (non-hydrogen) atoms. The number of rotatable bonds is 4. The Labute approximate surface area is 162 Å². The highest BCUT2D eigenvalue weighted by molar-refractivity contribution is 9.10. The fourth-order valence-electron chi connectivity index (χ4n) is 2.77. The maximum Gasteiger partial charge on any atom is 0.289 e. The molecular formula is C18H22BrClN2O3. The van der Waals surface area contributed by atoms with Gasteiger partial charge in [0.05, 0.1) is 0 Å². The lowest BCUT2D eigenvalue weighted by molar-refractivity contribution is 0.0567. The Morgan fingerprint density at radius 3 is 2.92 bits per heavy atom. The summed E-state index contributed by atoms with van der Waals surface area (Å²) >= 11 is 3.41. The van der Waals surface area contributed by atoms with Crippen LogP contribution in [0.1, 0.15) is 30.2 Å². The number of ether oxygens (including phenoxy) is 1. The van der Waals surface area contributed by atoms with Gasteiger partial charge in [-0.05, 0) is 44.2 Å². The summed E-state index contributed by atoms with van der Waals surface area (Å²) in [5.41, 5.74) is 0. The van der Waals surface area contributed by atoms with Gasteiger partial charge < -0.3 is 19.4 Å². The molecule has 0 radical (unpaired) electrons. The predicted octanol–water partition coefficient (Wildman–Crippen LogP) is 3.87. The van der Waals surface area contributed by atoms with E-state index < -0.39 is 0 Å². The number of carbonyl (C=O) groups excluding carboxylic acids is 1. The summed E-state index contributed by atoms with van der Waals surface area (Å²) < 4.78 is 12.3. The largest absolute Gasteiger partial charge is 0.486 e. The molecule has 1 fully saturated rings. The molecule has 5 nitrogen and oxygen atoms in total. The molecule has 1 aliphatic heterocycles. The van der Waals surface area contributed by atoms with E-state index in [2.05, 4.69) is 35.1 Å². The minimum atomic E-state index is -0.0652. The fraction of sp³-hybridized carbons (Fsp3) is 0.389. The molecule has 0 bridgehead atoms. The molecule has 7 heteroatoms. The van der Waals surface area contributed by atoms with Crippen LogP contribution in [-0.2, 0) is 6.61 Å². The van der Waals surface area contributed by atoms with E-state index in [-0.39, 0.29) is 37.0 Å². The van der Waals surface area contributed by atoms with E-state index in [1.54, 1.807) is 12.1 Å². The van der Waals surface area contributed by atoms with Crippen LogP contribution in [0.2, 0.25) is 0 Å². The van der Waals surface area contributed by atoms with Crippen molar-refractivity contribution < 1.29 is 13.9 Å². The number of piperazine rings is 1. The van der Waals surface area contributed by atoms with Crippen LogP contribution in [0.5, 0.6) is 5.75 Å². The SMILES string of the molecule is CC1NCCN(C(=O)c2ccc(COc3cccc(Br)c3)o2)C1C.Cl. The summed E-state index contributed by atoms with van der Waals surface area (Å²) in [6, 6.07) is 11.5. The maximum atomic E-state index is 12.6. The summed E-state index contributed by atoms with van der Waals surface area (Å²) in [5.74, 6) is 1.68. The second-order valence-corrected chi connectivity index (χ2v) is 6.91. The Hall–Kier alpha value is -1.50. The Bertz CT molecular complexity index is 722. The highest BCUT2D eigenvalue weighted by atomic mass is 79.9. The smallest absolute Gasteiger partial charge is 0.289 e. The lowest BCUT2D eigenvalue weighted by Crippen LogP contribution is -2.57. The van der Waals surface area contributed by atoms with E-state index in [1.165, 1.54) is 0 Å². The van der Waals surface area contributed by atoms with Gasteiger partial charge in [-0.1, -0.05) is 22.0 Å². The third-order valence-corrected chi connectivity index (χ3v) is 4.84. The Kier molecular flexibility index (Phi) is 6.93. The van der Waals surface area contributed by atoms with Crippen LogP contribution >= 0.6 is 28.3 Å². The van der Waals surface area contributed by atoms with E-state index in [0.29, 0.717) is 18.1 Å². The monoisotopic (exact) mass is 428 g/mol. The average molecular weight is 430 g/mol. The van der Waals surface area contributed by atoms with Gasteiger partial charge >= 0.3 is 0 Å². The van der Waals surface area contributed by atoms with E-state index in [1.807, 2.05) is 29.2 Å². The summed E-state index contributed by atoms with van der Waals surface area (Å²) in [6.45, 7) is 5.92. The van der Waals surface area contributed by atoms with Crippen molar-refractivity contribution in [1.82, 2.24) is 10.2 Å². The second kappa shape index (κ2) is 8.74. The van der Waals surface area contributed by atoms with Crippen LogP contribution < -0.4 is 10.1 Å². The Balaban J connectivity index is 0.00000225. The number of carbonyl (C=O) groups is 1. The van der Waals surface area contributed by atoms with Gasteiger partial charge in [-0.2, -0.15) is 0 Å². The van der Waals surface area contributed by atoms with Crippen molar-refractivity contribution in [2.45, 2.75) is 32.5 Å². The molecule has 136 valence electrons. The second-order valence-electron chi connectivity index (χ2n) is 5.99. The first-order valence-corrected chi connectivity index (χ1v) is 8.85. The van der Waals surface area contributed by atoms with Gasteiger partial charge in [0, 0.05) is 29.6 Å². The van der Waals surface area contributed by atoms with Crippen LogP contribution in [0.3, 0.4) is 0 Å². The van der Waals surface area contributed by atoms with Crippen LogP contribution in [-0.4, -0.2) is 36.0 Å². The number of hydrogen-bond acceptors (Lipinski definition) is 4. The van der Waals surface area contributed by atoms with Crippen molar-refractivity contribution in [3.63, 3.8) is 0 Å². The normalized spacial score (nSPS) is 20.0. The average Bonchev–Trinajstić information content (AvgIpc) is 3.04. The predicted molar refractivity (Wildman–Crippen MR) is 102 cm³/mol. The quantitative estimate of drug-likeness (QED) is 0.802. The van der Waals surface area contributed by atoms with Gasteiger partial charge in [-0.25, -0.2) is 0 Å². The number of furan rings is 1. The number of amides is 1. The highest BCUT2D eigenvalue weighted by Crippen LogP contribution is 2.20. The van der Waals surface area contributed by atoms with Crippen LogP contribution in [0, 0.1) is 0 Å². The van der Waals surface area contributed by atoms with Crippen molar-refractivity contribution in [2.75, 3.05) is 13.1 Å². The van der Waals surface area contributed by atoms with Gasteiger partial charge in [-0.15, -0.1) is 12.4 Å². The van der Waals surface area contributed by atoms with Crippen molar-refractivity contribution in [3.05, 3.63) is 52.4 Å². The van der Waals surface area contributed by atoms with Crippen molar-refractivity contribution in [3.8, 4) is 5.75 Å². The molecule has 2 aromatic rings. The Morgan fingerprint density at radius 1 is 1.36 bits per heavy atom. The summed E-state index contributed by atoms with van der Waals surface area (Å²) in [5, 5.41) is 3.37. The first kappa shape index (κ1) is 19.8. The summed E-state index contributed by atoms with van der Waals surface area (Å²) in [7, 11) is 0. The molecule has 0 spiro atoms. The van der Waals surface area contributed by atoms with E-state index >= 15 is 0 Å². The minimum Gasteiger partial charge on any atom is -0.486 e.